The van der Waals surface area contributed by atoms with Gasteiger partial charge in [-0.05, 0) is 43.6 Å². The van der Waals surface area contributed by atoms with E-state index in [0.29, 0.717) is 29.9 Å². The average molecular weight is 472 g/mol. The number of carbonyl (C=O) groups excluding carboxylic acids is 3. The van der Waals surface area contributed by atoms with Crippen LogP contribution in [0.3, 0.4) is 0 Å². The molecule has 2 aliphatic heterocycles. The molecular formula is C24H37N7O3. The fourth-order valence-corrected chi connectivity index (χ4v) is 4.80. The first kappa shape index (κ1) is 25.6. The minimum Gasteiger partial charge on any atom is -0.374 e. The standard InChI is InChI=1S/C24H37N7O3/c1-5-16-10-19(23(34)29-30-8-6-7-24(3,4)14-30)31(13-16)20(32)12-28-18-11-27-15(2)9-17(18)21(25)22(26)33/h9,11,16,19,25,28H,5-8,10,12-14H2,1-4H3,(H2,26,33)(H,29,34). The second kappa shape index (κ2) is 10.5. The largest absolute Gasteiger partial charge is 0.374 e. The molecule has 1 aromatic rings. The zero-order valence-electron chi connectivity index (χ0n) is 20.6. The Morgan fingerprint density at radius 3 is 2.71 bits per heavy atom. The second-order valence-electron chi connectivity index (χ2n) is 10.2. The number of hydrogen-bond acceptors (Lipinski definition) is 7. The van der Waals surface area contributed by atoms with Crippen LogP contribution in [-0.4, -0.2) is 70.5 Å². The molecule has 3 amide bonds. The molecule has 5 N–H and O–H groups in total. The van der Waals surface area contributed by atoms with Crippen LogP contribution < -0.4 is 16.5 Å². The minimum absolute atomic E-state index is 0.0826. The van der Waals surface area contributed by atoms with Crippen molar-refractivity contribution in [3.8, 4) is 0 Å². The molecule has 186 valence electrons. The average Bonchev–Trinajstić information content (AvgIpc) is 3.21. The van der Waals surface area contributed by atoms with Gasteiger partial charge in [-0.1, -0.05) is 27.2 Å². The second-order valence-corrected chi connectivity index (χ2v) is 10.2. The summed E-state index contributed by atoms with van der Waals surface area (Å²) in [6.45, 7) is 10.2. The summed E-state index contributed by atoms with van der Waals surface area (Å²) in [6, 6.07) is 1.06. The van der Waals surface area contributed by atoms with E-state index in [-0.39, 0.29) is 35.4 Å². The van der Waals surface area contributed by atoms with E-state index in [1.54, 1.807) is 17.9 Å². The summed E-state index contributed by atoms with van der Waals surface area (Å²) in [4.78, 5) is 43.7. The molecule has 3 heterocycles. The lowest BCUT2D eigenvalue weighted by Crippen LogP contribution is -2.55. The van der Waals surface area contributed by atoms with Crippen molar-refractivity contribution in [2.75, 3.05) is 31.5 Å². The number of piperidine rings is 1. The molecular weight excluding hydrogens is 434 g/mol. The van der Waals surface area contributed by atoms with Crippen molar-refractivity contribution in [1.29, 1.82) is 5.41 Å². The fraction of sp³-hybridized carbons (Fsp3) is 0.625. The number of carbonyl (C=O) groups is 3. The van der Waals surface area contributed by atoms with Gasteiger partial charge in [0.05, 0.1) is 18.4 Å². The third-order valence-corrected chi connectivity index (χ3v) is 6.74. The van der Waals surface area contributed by atoms with E-state index in [4.69, 9.17) is 11.1 Å². The van der Waals surface area contributed by atoms with Crippen LogP contribution in [0.2, 0.25) is 0 Å². The molecule has 0 aliphatic carbocycles. The molecule has 10 nitrogen and oxygen atoms in total. The topological polar surface area (TPSA) is 145 Å². The van der Waals surface area contributed by atoms with Crippen molar-refractivity contribution in [1.82, 2.24) is 20.3 Å². The van der Waals surface area contributed by atoms with Crippen LogP contribution in [0.25, 0.3) is 0 Å². The molecule has 1 aromatic heterocycles. The highest BCUT2D eigenvalue weighted by molar-refractivity contribution is 6.44. The molecule has 34 heavy (non-hydrogen) atoms. The van der Waals surface area contributed by atoms with Crippen molar-refractivity contribution < 1.29 is 14.4 Å². The Morgan fingerprint density at radius 2 is 2.06 bits per heavy atom. The number of hydrazine groups is 1. The number of nitrogens with one attached hydrogen (secondary N) is 3. The predicted octanol–water partition coefficient (Wildman–Crippen LogP) is 1.44. The Hall–Kier alpha value is -3.01. The van der Waals surface area contributed by atoms with Crippen molar-refractivity contribution >= 4 is 29.1 Å². The first-order valence-electron chi connectivity index (χ1n) is 11.9. The van der Waals surface area contributed by atoms with Gasteiger partial charge in [-0.25, -0.2) is 5.01 Å². The van der Waals surface area contributed by atoms with Crippen molar-refractivity contribution in [2.24, 2.45) is 17.1 Å². The number of aryl methyl sites for hydroxylation is 1. The van der Waals surface area contributed by atoms with Gasteiger partial charge in [0, 0.05) is 30.9 Å². The van der Waals surface area contributed by atoms with Gasteiger partial charge in [0.15, 0.2) is 0 Å². The maximum atomic E-state index is 13.2. The molecule has 2 saturated heterocycles. The number of anilines is 1. The van der Waals surface area contributed by atoms with Crippen LogP contribution in [0.4, 0.5) is 5.69 Å². The molecule has 2 atom stereocenters. The number of rotatable bonds is 8. The quantitative estimate of drug-likeness (QED) is 0.422. The molecule has 0 spiro atoms. The van der Waals surface area contributed by atoms with Gasteiger partial charge in [0.2, 0.25) is 5.91 Å². The molecule has 2 unspecified atom stereocenters. The summed E-state index contributed by atoms with van der Waals surface area (Å²) in [5, 5.41) is 12.9. The SMILES string of the molecule is CCC1CC(C(=O)NN2CCCC(C)(C)C2)N(C(=O)CNc2cnc(C)cc2C(=N)C(N)=O)C1. The lowest BCUT2D eigenvalue weighted by Gasteiger charge is -2.38. The summed E-state index contributed by atoms with van der Waals surface area (Å²) >= 11 is 0. The van der Waals surface area contributed by atoms with E-state index >= 15 is 0 Å². The highest BCUT2D eigenvalue weighted by Gasteiger charge is 2.40. The molecule has 0 bridgehead atoms. The zero-order chi connectivity index (χ0) is 25.0. The van der Waals surface area contributed by atoms with E-state index in [0.717, 1.165) is 32.4 Å². The summed E-state index contributed by atoms with van der Waals surface area (Å²) in [5.41, 5.74) is 9.43. The maximum Gasteiger partial charge on any atom is 0.267 e. The highest BCUT2D eigenvalue weighted by atomic mass is 16.2. The van der Waals surface area contributed by atoms with Crippen LogP contribution >= 0.6 is 0 Å². The van der Waals surface area contributed by atoms with Crippen LogP contribution in [0.15, 0.2) is 12.3 Å². The van der Waals surface area contributed by atoms with Gasteiger partial charge in [-0.3, -0.25) is 30.2 Å². The number of nitrogens with two attached hydrogens (primary N) is 1. The molecule has 10 heteroatoms. The Labute approximate surface area is 201 Å². The van der Waals surface area contributed by atoms with Crippen LogP contribution in [0, 0.1) is 23.7 Å². The summed E-state index contributed by atoms with van der Waals surface area (Å²) in [6.07, 6.45) is 5.15. The lowest BCUT2D eigenvalue weighted by atomic mass is 9.85. The summed E-state index contributed by atoms with van der Waals surface area (Å²) in [5.74, 6) is -0.956. The highest BCUT2D eigenvalue weighted by Crippen LogP contribution is 2.29. The van der Waals surface area contributed by atoms with Gasteiger partial charge in [-0.15, -0.1) is 0 Å². The molecule has 3 rings (SSSR count). The van der Waals surface area contributed by atoms with Gasteiger partial charge < -0.3 is 16.0 Å². The van der Waals surface area contributed by atoms with Crippen molar-refractivity contribution in [3.05, 3.63) is 23.5 Å². The Kier molecular flexibility index (Phi) is 7.91. The normalized spacial score (nSPS) is 22.3. The lowest BCUT2D eigenvalue weighted by molar-refractivity contribution is -0.140. The van der Waals surface area contributed by atoms with Crippen LogP contribution in [0.1, 0.15) is 57.7 Å². The minimum atomic E-state index is -0.858. The van der Waals surface area contributed by atoms with Gasteiger partial charge >= 0.3 is 0 Å². The van der Waals surface area contributed by atoms with E-state index in [2.05, 4.69) is 36.5 Å². The Balaban J connectivity index is 1.68. The third kappa shape index (κ3) is 6.11. The number of pyridine rings is 1. The van der Waals surface area contributed by atoms with Crippen molar-refractivity contribution in [2.45, 2.75) is 59.4 Å². The van der Waals surface area contributed by atoms with Gasteiger partial charge in [0.1, 0.15) is 11.8 Å². The third-order valence-electron chi connectivity index (χ3n) is 6.74. The van der Waals surface area contributed by atoms with Crippen LogP contribution in [-0.2, 0) is 14.4 Å². The summed E-state index contributed by atoms with van der Waals surface area (Å²) < 4.78 is 0. The predicted molar refractivity (Wildman–Crippen MR) is 130 cm³/mol. The molecule has 2 fully saturated rings. The zero-order valence-corrected chi connectivity index (χ0v) is 20.6. The Morgan fingerprint density at radius 1 is 1.32 bits per heavy atom. The monoisotopic (exact) mass is 471 g/mol. The van der Waals surface area contributed by atoms with Crippen molar-refractivity contribution in [3.63, 3.8) is 0 Å². The van der Waals surface area contributed by atoms with Gasteiger partial charge in [-0.2, -0.15) is 0 Å². The first-order valence-corrected chi connectivity index (χ1v) is 11.9. The van der Waals surface area contributed by atoms with Crippen LogP contribution in [0.5, 0.6) is 0 Å². The Bertz CT molecular complexity index is 962. The molecule has 0 saturated carbocycles. The maximum absolute atomic E-state index is 13.2. The number of nitrogens with zero attached hydrogens (tertiary/aromatic N) is 3. The van der Waals surface area contributed by atoms with E-state index in [1.165, 1.54) is 6.20 Å². The molecule has 2 aliphatic rings. The molecule has 0 radical (unpaired) electrons. The van der Waals surface area contributed by atoms with E-state index in [9.17, 15) is 14.4 Å². The van der Waals surface area contributed by atoms with E-state index < -0.39 is 11.9 Å². The smallest absolute Gasteiger partial charge is 0.267 e. The number of primary amides is 1. The number of aromatic nitrogens is 1. The number of hydrogen-bond donors (Lipinski definition) is 4. The molecule has 0 aromatic carbocycles. The van der Waals surface area contributed by atoms with E-state index in [1.807, 2.05) is 5.01 Å². The summed E-state index contributed by atoms with van der Waals surface area (Å²) in [7, 11) is 0. The van der Waals surface area contributed by atoms with Gasteiger partial charge in [0.25, 0.3) is 11.8 Å². The number of amides is 3. The fourth-order valence-electron chi connectivity index (χ4n) is 4.80. The first-order chi connectivity index (χ1) is 16.0. The number of likely N-dealkylation sites (tertiary alicyclic amines) is 1.